The maximum absolute atomic E-state index is 13.8. The van der Waals surface area contributed by atoms with E-state index >= 15 is 0 Å². The second kappa shape index (κ2) is 18.1. The van der Waals surface area contributed by atoms with E-state index in [9.17, 15) is 26.8 Å². The van der Waals surface area contributed by atoms with Crippen LogP contribution in [0.3, 0.4) is 0 Å². The number of hydrogen-bond donors (Lipinski definition) is 1. The first-order valence-electron chi connectivity index (χ1n) is 16.5. The van der Waals surface area contributed by atoms with Crippen LogP contribution in [0, 0.1) is 5.92 Å². The van der Waals surface area contributed by atoms with E-state index in [4.69, 9.17) is 37.4 Å². The summed E-state index contributed by atoms with van der Waals surface area (Å²) in [5.41, 5.74) is 0.929. The lowest BCUT2D eigenvalue weighted by Gasteiger charge is -2.22. The van der Waals surface area contributed by atoms with Crippen molar-refractivity contribution in [2.75, 3.05) is 33.9 Å². The predicted molar refractivity (Wildman–Crippen MR) is 193 cm³/mol. The zero-order chi connectivity index (χ0) is 38.1. The van der Waals surface area contributed by atoms with E-state index in [0.717, 1.165) is 18.9 Å². The number of aromatic nitrogens is 1. The molecule has 1 aliphatic carbocycles. The SMILES string of the molecule is CN(C)CCOC(=O)C(NS(=O)(=O)c1cccc(C(=O)O[C@@H](Cc2c(Cl)cncc2Cl)c2ccc(OC(F)F)c(OCC3CC3)c2)c1)c1ccccc1. The van der Waals surface area contributed by atoms with Crippen molar-refractivity contribution >= 4 is 45.2 Å². The normalized spacial score (nSPS) is 14.1. The number of rotatable bonds is 18. The lowest BCUT2D eigenvalue weighted by molar-refractivity contribution is -0.146. The fourth-order valence-corrected chi connectivity index (χ4v) is 6.83. The molecule has 4 aromatic rings. The van der Waals surface area contributed by atoms with Crippen LogP contribution >= 0.6 is 23.2 Å². The third-order valence-corrected chi connectivity index (χ3v) is 10.2. The van der Waals surface area contributed by atoms with Crippen molar-refractivity contribution in [3.8, 4) is 11.5 Å². The molecule has 0 bridgehead atoms. The summed E-state index contributed by atoms with van der Waals surface area (Å²) in [5, 5.41) is 0.377. The van der Waals surface area contributed by atoms with E-state index in [2.05, 4.69) is 14.4 Å². The van der Waals surface area contributed by atoms with Crippen molar-refractivity contribution in [3.05, 3.63) is 117 Å². The molecule has 1 unspecified atom stereocenters. The van der Waals surface area contributed by atoms with E-state index in [1.54, 1.807) is 44.4 Å². The number of halogens is 4. The second-order valence-corrected chi connectivity index (χ2v) is 15.0. The fraction of sp³-hybridized carbons (Fsp3) is 0.324. The standard InChI is InChI=1S/C37H37Cl2F2N3O8S/c1-44(2)15-16-49-36(46)34(24-7-4-3-5-8-24)43-53(47,48)27-10-6-9-26(17-27)35(45)51-32(19-28-29(38)20-42-21-30(28)39)25-13-14-31(52-37(40)41)33(18-25)50-22-23-11-12-23/h3-10,13-14,17-18,20-21,23,32,34,37,43H,11-12,15-16,19,22H2,1-2H3/t32-,34?/m0/s1. The summed E-state index contributed by atoms with van der Waals surface area (Å²) >= 11 is 12.8. The lowest BCUT2D eigenvalue weighted by atomic mass is 10.0. The highest BCUT2D eigenvalue weighted by Crippen LogP contribution is 2.38. The Morgan fingerprint density at radius 1 is 0.943 bits per heavy atom. The van der Waals surface area contributed by atoms with Crippen molar-refractivity contribution in [2.45, 2.75) is 42.9 Å². The Morgan fingerprint density at radius 3 is 2.32 bits per heavy atom. The Labute approximate surface area is 316 Å². The monoisotopic (exact) mass is 791 g/mol. The van der Waals surface area contributed by atoms with Gasteiger partial charge in [-0.05, 0) is 79.9 Å². The van der Waals surface area contributed by atoms with Crippen molar-refractivity contribution in [1.82, 2.24) is 14.6 Å². The van der Waals surface area contributed by atoms with Crippen molar-refractivity contribution in [2.24, 2.45) is 5.92 Å². The van der Waals surface area contributed by atoms with Crippen molar-refractivity contribution in [3.63, 3.8) is 0 Å². The largest absolute Gasteiger partial charge is 0.489 e. The van der Waals surface area contributed by atoms with Crippen LogP contribution in [0.1, 0.15) is 52.0 Å². The number of carbonyl (C=O) groups is 2. The molecular weight excluding hydrogens is 755 g/mol. The number of alkyl halides is 2. The quantitative estimate of drug-likeness (QED) is 0.105. The molecule has 1 saturated carbocycles. The molecule has 3 aromatic carbocycles. The first-order valence-corrected chi connectivity index (χ1v) is 18.7. The number of benzene rings is 3. The molecule has 16 heteroatoms. The molecule has 1 fully saturated rings. The van der Waals surface area contributed by atoms with Crippen LogP contribution < -0.4 is 14.2 Å². The van der Waals surface area contributed by atoms with Crippen LogP contribution in [-0.2, 0) is 30.7 Å². The Balaban J connectivity index is 1.43. The minimum atomic E-state index is -4.42. The number of ether oxygens (including phenoxy) is 4. The Hall–Kier alpha value is -4.34. The highest BCUT2D eigenvalue weighted by molar-refractivity contribution is 7.89. The number of pyridine rings is 1. The highest BCUT2D eigenvalue weighted by atomic mass is 35.5. The average Bonchev–Trinajstić information content (AvgIpc) is 3.96. The molecule has 11 nitrogen and oxygen atoms in total. The average molecular weight is 793 g/mol. The summed E-state index contributed by atoms with van der Waals surface area (Å²) in [5.74, 6) is -1.62. The molecule has 0 aliphatic heterocycles. The first-order chi connectivity index (χ1) is 25.3. The summed E-state index contributed by atoms with van der Waals surface area (Å²) in [6.07, 6.45) is 3.43. The summed E-state index contributed by atoms with van der Waals surface area (Å²) in [6.45, 7) is -2.37. The minimum Gasteiger partial charge on any atom is -0.489 e. The molecule has 1 N–H and O–H groups in total. The van der Waals surface area contributed by atoms with E-state index in [0.29, 0.717) is 23.2 Å². The van der Waals surface area contributed by atoms with Gasteiger partial charge in [-0.2, -0.15) is 13.5 Å². The number of sulfonamides is 1. The van der Waals surface area contributed by atoms with Crippen LogP contribution in [-0.4, -0.2) is 70.7 Å². The minimum absolute atomic E-state index is 0.0232. The van der Waals surface area contributed by atoms with Gasteiger partial charge in [-0.3, -0.25) is 4.98 Å². The van der Waals surface area contributed by atoms with Gasteiger partial charge in [0, 0.05) is 25.4 Å². The fourth-order valence-electron chi connectivity index (χ4n) is 5.09. The van der Waals surface area contributed by atoms with E-state index in [1.165, 1.54) is 48.8 Å². The number of likely N-dealkylation sites (N-methyl/N-ethyl adjacent to an activating group) is 1. The van der Waals surface area contributed by atoms with Crippen molar-refractivity contribution in [1.29, 1.82) is 0 Å². The van der Waals surface area contributed by atoms with Crippen LogP contribution in [0.2, 0.25) is 10.0 Å². The molecule has 1 aromatic heterocycles. The zero-order valence-electron chi connectivity index (χ0n) is 28.7. The number of nitrogens with one attached hydrogen (secondary N) is 1. The van der Waals surface area contributed by atoms with Gasteiger partial charge in [0.25, 0.3) is 0 Å². The van der Waals surface area contributed by atoms with Gasteiger partial charge in [0.1, 0.15) is 18.8 Å². The number of nitrogens with zero attached hydrogens (tertiary/aromatic N) is 2. The molecule has 2 atom stereocenters. The van der Waals surface area contributed by atoms with Gasteiger partial charge < -0.3 is 23.8 Å². The molecule has 1 aliphatic rings. The van der Waals surface area contributed by atoms with Gasteiger partial charge in [-0.25, -0.2) is 18.0 Å². The number of hydrogen-bond acceptors (Lipinski definition) is 10. The Bertz CT molecular complexity index is 1980. The molecule has 282 valence electrons. The lowest BCUT2D eigenvalue weighted by Crippen LogP contribution is -2.36. The molecule has 5 rings (SSSR count). The third-order valence-electron chi connectivity index (χ3n) is 8.12. The van der Waals surface area contributed by atoms with Gasteiger partial charge in [0.15, 0.2) is 11.5 Å². The van der Waals surface area contributed by atoms with Gasteiger partial charge in [-0.15, -0.1) is 0 Å². The van der Waals surface area contributed by atoms with Gasteiger partial charge in [0.2, 0.25) is 10.0 Å². The molecular formula is C37H37Cl2F2N3O8S. The number of carbonyl (C=O) groups excluding carboxylic acids is 2. The zero-order valence-corrected chi connectivity index (χ0v) is 31.0. The highest BCUT2D eigenvalue weighted by Gasteiger charge is 2.30. The Morgan fingerprint density at radius 2 is 1.66 bits per heavy atom. The topological polar surface area (TPSA) is 133 Å². The van der Waals surface area contributed by atoms with Crippen LogP contribution in [0.15, 0.2) is 90.1 Å². The van der Waals surface area contributed by atoms with E-state index in [-0.39, 0.29) is 57.6 Å². The van der Waals surface area contributed by atoms with Crippen LogP contribution in [0.25, 0.3) is 0 Å². The summed E-state index contributed by atoms with van der Waals surface area (Å²) in [6, 6.07) is 16.1. The Kier molecular flexibility index (Phi) is 13.6. The third kappa shape index (κ3) is 11.3. The van der Waals surface area contributed by atoms with Crippen LogP contribution in [0.5, 0.6) is 11.5 Å². The molecule has 0 saturated heterocycles. The maximum atomic E-state index is 13.8. The molecule has 53 heavy (non-hydrogen) atoms. The first kappa shape index (κ1) is 39.9. The van der Waals surface area contributed by atoms with Crippen LogP contribution in [0.4, 0.5) is 8.78 Å². The van der Waals surface area contributed by atoms with Gasteiger partial charge >= 0.3 is 18.6 Å². The molecule has 0 amide bonds. The van der Waals surface area contributed by atoms with E-state index in [1.807, 2.05) is 4.90 Å². The smallest absolute Gasteiger partial charge is 0.387 e. The predicted octanol–water partition coefficient (Wildman–Crippen LogP) is 7.04. The van der Waals surface area contributed by atoms with Gasteiger partial charge in [0.05, 0.1) is 27.1 Å². The molecule has 0 radical (unpaired) electrons. The van der Waals surface area contributed by atoms with Crippen molar-refractivity contribution < 1.29 is 45.7 Å². The number of esters is 2. The maximum Gasteiger partial charge on any atom is 0.387 e. The second-order valence-electron chi connectivity index (χ2n) is 12.5. The molecule has 0 spiro atoms. The summed E-state index contributed by atoms with van der Waals surface area (Å²) in [7, 11) is -0.814. The van der Waals surface area contributed by atoms with E-state index < -0.39 is 40.7 Å². The summed E-state index contributed by atoms with van der Waals surface area (Å²) in [4.78, 5) is 32.3. The molecule has 1 heterocycles. The summed E-state index contributed by atoms with van der Waals surface area (Å²) < 4.78 is 78.1. The van der Waals surface area contributed by atoms with Gasteiger partial charge in [-0.1, -0.05) is 65.7 Å².